The van der Waals surface area contributed by atoms with E-state index in [0.717, 1.165) is 65.6 Å². The van der Waals surface area contributed by atoms with Crippen molar-refractivity contribution in [1.29, 1.82) is 0 Å². The fraction of sp³-hybridized carbons (Fsp3) is 0.435. The fourth-order valence-electron chi connectivity index (χ4n) is 3.98. The lowest BCUT2D eigenvalue weighted by Crippen LogP contribution is -2.29. The van der Waals surface area contributed by atoms with Gasteiger partial charge in [0.2, 0.25) is 5.95 Å². The standard InChI is InChI=1S/C23H27N5O2S2/c1-28-12-9-15(10-13-28)22-27-20(16-4-3-5-18(14-16)32(2,29)30)21(31-22)19-8-11-24-23(26-19)25-17-6-7-17/h3-5,8,11,14-15,17H,6-7,9-10,12-13H2,1-2H3,(H,24,25,26). The van der Waals surface area contributed by atoms with Crippen LogP contribution in [0.25, 0.3) is 21.8 Å². The van der Waals surface area contributed by atoms with Crippen LogP contribution < -0.4 is 5.32 Å². The maximum Gasteiger partial charge on any atom is 0.223 e. The number of aromatic nitrogens is 3. The van der Waals surface area contributed by atoms with Crippen molar-refractivity contribution in [2.24, 2.45) is 0 Å². The zero-order valence-electron chi connectivity index (χ0n) is 18.3. The Morgan fingerprint density at radius 3 is 2.59 bits per heavy atom. The third-order valence-corrected chi connectivity index (χ3v) is 8.40. The van der Waals surface area contributed by atoms with Crippen LogP contribution in [0.5, 0.6) is 0 Å². The number of hydrogen-bond acceptors (Lipinski definition) is 8. The Hall–Kier alpha value is -2.36. The number of likely N-dealkylation sites (tertiary alicyclic amines) is 1. The van der Waals surface area contributed by atoms with Gasteiger partial charge in [-0.1, -0.05) is 12.1 Å². The van der Waals surface area contributed by atoms with Gasteiger partial charge >= 0.3 is 0 Å². The van der Waals surface area contributed by atoms with Crippen LogP contribution in [0.15, 0.2) is 41.4 Å². The summed E-state index contributed by atoms with van der Waals surface area (Å²) in [5.74, 6) is 1.04. The normalized spacial score (nSPS) is 18.1. The summed E-state index contributed by atoms with van der Waals surface area (Å²) >= 11 is 1.67. The summed E-state index contributed by atoms with van der Waals surface area (Å²) in [5, 5.41) is 4.47. The smallest absolute Gasteiger partial charge is 0.223 e. The Balaban J connectivity index is 1.58. The fourth-order valence-corrected chi connectivity index (χ4v) is 5.87. The summed E-state index contributed by atoms with van der Waals surface area (Å²) in [6.45, 7) is 2.11. The van der Waals surface area contributed by atoms with Gasteiger partial charge in [0.25, 0.3) is 0 Å². The molecule has 0 amide bonds. The van der Waals surface area contributed by atoms with Crippen LogP contribution in [0, 0.1) is 0 Å². The monoisotopic (exact) mass is 469 g/mol. The number of anilines is 1. The molecule has 1 aliphatic heterocycles. The molecule has 0 spiro atoms. The molecule has 0 unspecified atom stereocenters. The molecule has 0 atom stereocenters. The van der Waals surface area contributed by atoms with Gasteiger partial charge in [-0.05, 0) is 64.0 Å². The molecule has 1 N–H and O–H groups in total. The minimum atomic E-state index is -3.31. The largest absolute Gasteiger partial charge is 0.351 e. The van der Waals surface area contributed by atoms with Crippen molar-refractivity contribution in [1.82, 2.24) is 19.9 Å². The van der Waals surface area contributed by atoms with Crippen molar-refractivity contribution < 1.29 is 8.42 Å². The van der Waals surface area contributed by atoms with Crippen molar-refractivity contribution in [2.75, 3.05) is 31.7 Å². The molecule has 0 bridgehead atoms. The van der Waals surface area contributed by atoms with Gasteiger partial charge in [0.15, 0.2) is 9.84 Å². The summed E-state index contributed by atoms with van der Waals surface area (Å²) in [6.07, 6.45) is 7.46. The molecule has 7 nitrogen and oxygen atoms in total. The lowest BCUT2D eigenvalue weighted by atomic mass is 9.98. The zero-order valence-corrected chi connectivity index (χ0v) is 19.9. The average molecular weight is 470 g/mol. The lowest BCUT2D eigenvalue weighted by Gasteiger charge is -2.27. The molecular weight excluding hydrogens is 442 g/mol. The van der Waals surface area contributed by atoms with Gasteiger partial charge in [-0.3, -0.25) is 0 Å². The second-order valence-corrected chi connectivity index (χ2v) is 11.8. The zero-order chi connectivity index (χ0) is 22.3. The van der Waals surface area contributed by atoms with E-state index in [0.29, 0.717) is 22.8 Å². The molecule has 2 aliphatic rings. The Labute approximate surface area is 192 Å². The van der Waals surface area contributed by atoms with Gasteiger partial charge < -0.3 is 10.2 Å². The predicted molar refractivity (Wildman–Crippen MR) is 128 cm³/mol. The van der Waals surface area contributed by atoms with E-state index in [1.807, 2.05) is 12.1 Å². The second kappa shape index (κ2) is 8.53. The minimum Gasteiger partial charge on any atom is -0.351 e. The number of piperidine rings is 1. The molecule has 3 heterocycles. The third-order valence-electron chi connectivity index (χ3n) is 6.05. The molecule has 2 fully saturated rings. The van der Waals surface area contributed by atoms with Crippen molar-refractivity contribution >= 4 is 27.1 Å². The molecule has 1 saturated carbocycles. The van der Waals surface area contributed by atoms with Crippen LogP contribution in [0.3, 0.4) is 0 Å². The third kappa shape index (κ3) is 4.69. The van der Waals surface area contributed by atoms with E-state index in [4.69, 9.17) is 9.97 Å². The number of benzene rings is 1. The summed E-state index contributed by atoms with van der Waals surface area (Å²) in [5.41, 5.74) is 2.42. The molecule has 32 heavy (non-hydrogen) atoms. The maximum absolute atomic E-state index is 12.2. The van der Waals surface area contributed by atoms with Gasteiger partial charge in [-0.15, -0.1) is 11.3 Å². The SMILES string of the molecule is CN1CCC(c2nc(-c3cccc(S(C)(=O)=O)c3)c(-c3ccnc(NC4CC4)n3)s2)CC1. The quantitative estimate of drug-likeness (QED) is 0.582. The van der Waals surface area contributed by atoms with Crippen LogP contribution in [-0.2, 0) is 9.84 Å². The highest BCUT2D eigenvalue weighted by Crippen LogP contribution is 2.41. The highest BCUT2D eigenvalue weighted by molar-refractivity contribution is 7.90. The summed E-state index contributed by atoms with van der Waals surface area (Å²) < 4.78 is 24.3. The van der Waals surface area contributed by atoms with Crippen LogP contribution in [0.4, 0.5) is 5.95 Å². The van der Waals surface area contributed by atoms with E-state index in [1.165, 1.54) is 6.26 Å². The number of sulfone groups is 1. The van der Waals surface area contributed by atoms with E-state index in [9.17, 15) is 8.42 Å². The highest BCUT2D eigenvalue weighted by atomic mass is 32.2. The molecule has 1 aliphatic carbocycles. The lowest BCUT2D eigenvalue weighted by molar-refractivity contribution is 0.255. The molecular formula is C23H27N5O2S2. The van der Waals surface area contributed by atoms with Crippen LogP contribution >= 0.6 is 11.3 Å². The number of nitrogens with zero attached hydrogens (tertiary/aromatic N) is 4. The van der Waals surface area contributed by atoms with E-state index in [2.05, 4.69) is 22.2 Å². The second-order valence-electron chi connectivity index (χ2n) is 8.79. The van der Waals surface area contributed by atoms with Gasteiger partial charge in [0.05, 0.1) is 26.2 Å². The van der Waals surface area contributed by atoms with E-state index < -0.39 is 9.84 Å². The van der Waals surface area contributed by atoms with Crippen molar-refractivity contribution in [3.05, 3.63) is 41.5 Å². The molecule has 5 rings (SSSR count). The Bertz CT molecular complexity index is 1230. The molecule has 2 aromatic heterocycles. The summed E-state index contributed by atoms with van der Waals surface area (Å²) in [6, 6.07) is 9.43. The van der Waals surface area contributed by atoms with E-state index in [-0.39, 0.29) is 0 Å². The Kier molecular flexibility index (Phi) is 5.73. The van der Waals surface area contributed by atoms with Gasteiger partial charge in [0.1, 0.15) is 0 Å². The first-order chi connectivity index (χ1) is 15.4. The Morgan fingerprint density at radius 2 is 1.88 bits per heavy atom. The minimum absolute atomic E-state index is 0.300. The predicted octanol–water partition coefficient (Wildman–Crippen LogP) is 4.05. The summed E-state index contributed by atoms with van der Waals surface area (Å²) in [7, 11) is -1.16. The van der Waals surface area contributed by atoms with E-state index in [1.54, 1.807) is 35.7 Å². The van der Waals surface area contributed by atoms with Gasteiger partial charge in [0, 0.05) is 30.0 Å². The van der Waals surface area contributed by atoms with Crippen molar-refractivity contribution in [2.45, 2.75) is 42.5 Å². The first kappa shape index (κ1) is 21.5. The maximum atomic E-state index is 12.2. The van der Waals surface area contributed by atoms with Crippen LogP contribution in [0.2, 0.25) is 0 Å². The summed E-state index contributed by atoms with van der Waals surface area (Å²) in [4.78, 5) is 17.8. The molecule has 0 radical (unpaired) electrons. The molecule has 9 heteroatoms. The van der Waals surface area contributed by atoms with Crippen molar-refractivity contribution in [3.8, 4) is 21.8 Å². The molecule has 1 saturated heterocycles. The number of rotatable bonds is 6. The molecule has 3 aromatic rings. The van der Waals surface area contributed by atoms with Crippen molar-refractivity contribution in [3.63, 3.8) is 0 Å². The van der Waals surface area contributed by atoms with E-state index >= 15 is 0 Å². The first-order valence-electron chi connectivity index (χ1n) is 11.0. The topological polar surface area (TPSA) is 88.1 Å². The number of nitrogens with one attached hydrogen (secondary N) is 1. The van der Waals surface area contributed by atoms with Gasteiger partial charge in [-0.25, -0.2) is 23.4 Å². The number of hydrogen-bond donors (Lipinski definition) is 1. The van der Waals surface area contributed by atoms with Crippen LogP contribution in [-0.4, -0.2) is 60.7 Å². The first-order valence-corrected chi connectivity index (χ1v) is 13.7. The van der Waals surface area contributed by atoms with Crippen LogP contribution in [0.1, 0.15) is 36.6 Å². The van der Waals surface area contributed by atoms with Gasteiger partial charge in [-0.2, -0.15) is 0 Å². The Morgan fingerprint density at radius 1 is 1.09 bits per heavy atom. The average Bonchev–Trinajstić information content (AvgIpc) is 3.48. The molecule has 168 valence electrons. The highest BCUT2D eigenvalue weighted by Gasteiger charge is 2.26. The number of thiazole rings is 1. The molecule has 1 aromatic carbocycles.